The van der Waals surface area contributed by atoms with Gasteiger partial charge in [-0.15, -0.1) is 0 Å². The quantitative estimate of drug-likeness (QED) is 0.706. The van der Waals surface area contributed by atoms with Gasteiger partial charge in [0.25, 0.3) is 0 Å². The maximum Gasteiger partial charge on any atom is 0.0100 e. The lowest BCUT2D eigenvalue weighted by Crippen LogP contribution is -2.47. The standard InChI is InChI=1S/C15H26BrN/c16-12-15(6-3-7-15)13-17-10-8-14(9-11-17)4-1-2-5-14/h1-13H2. The fraction of sp³-hybridized carbons (Fsp3) is 1.00. The van der Waals surface area contributed by atoms with E-state index in [4.69, 9.17) is 0 Å². The lowest BCUT2D eigenvalue weighted by molar-refractivity contribution is 0.0429. The van der Waals surface area contributed by atoms with E-state index in [2.05, 4.69) is 20.8 Å². The molecule has 2 heteroatoms. The molecule has 1 spiro atoms. The zero-order chi connectivity index (χ0) is 11.8. The third kappa shape index (κ3) is 2.45. The summed E-state index contributed by atoms with van der Waals surface area (Å²) >= 11 is 3.74. The third-order valence-electron chi connectivity index (χ3n) is 5.84. The Balaban J connectivity index is 1.51. The predicted molar refractivity (Wildman–Crippen MR) is 76.7 cm³/mol. The van der Waals surface area contributed by atoms with Crippen molar-refractivity contribution in [1.29, 1.82) is 0 Å². The average molecular weight is 300 g/mol. The molecule has 1 nitrogen and oxygen atoms in total. The molecule has 0 aromatic heterocycles. The number of likely N-dealkylation sites (tertiary alicyclic amines) is 1. The van der Waals surface area contributed by atoms with Crippen LogP contribution in [-0.4, -0.2) is 29.9 Å². The number of halogens is 1. The number of alkyl halides is 1. The second kappa shape index (κ2) is 4.85. The van der Waals surface area contributed by atoms with Crippen molar-refractivity contribution in [2.45, 2.75) is 57.8 Å². The molecule has 0 amide bonds. The summed E-state index contributed by atoms with van der Waals surface area (Å²) < 4.78 is 0. The van der Waals surface area contributed by atoms with E-state index in [0.717, 1.165) is 5.41 Å². The van der Waals surface area contributed by atoms with Gasteiger partial charge < -0.3 is 4.90 Å². The number of hydrogen-bond donors (Lipinski definition) is 0. The Morgan fingerprint density at radius 1 is 0.824 bits per heavy atom. The van der Waals surface area contributed by atoms with Crippen LogP contribution in [0.3, 0.4) is 0 Å². The van der Waals surface area contributed by atoms with Crippen LogP contribution in [0.15, 0.2) is 0 Å². The Kier molecular flexibility index (Phi) is 3.56. The molecule has 2 saturated carbocycles. The zero-order valence-corrected chi connectivity index (χ0v) is 12.6. The first-order chi connectivity index (χ1) is 8.26. The molecule has 0 bridgehead atoms. The van der Waals surface area contributed by atoms with Crippen molar-refractivity contribution in [2.24, 2.45) is 10.8 Å². The summed E-state index contributed by atoms with van der Waals surface area (Å²) in [6.45, 7) is 4.14. The van der Waals surface area contributed by atoms with Crippen molar-refractivity contribution in [3.63, 3.8) is 0 Å². The maximum absolute atomic E-state index is 3.74. The first kappa shape index (κ1) is 12.5. The minimum atomic E-state index is 0.653. The van der Waals surface area contributed by atoms with Crippen LogP contribution < -0.4 is 0 Å². The van der Waals surface area contributed by atoms with Gasteiger partial charge in [-0.25, -0.2) is 0 Å². The van der Waals surface area contributed by atoms with Gasteiger partial charge in [0, 0.05) is 11.9 Å². The minimum absolute atomic E-state index is 0.653. The molecular formula is C15H26BrN. The maximum atomic E-state index is 3.74. The highest BCUT2D eigenvalue weighted by molar-refractivity contribution is 9.09. The van der Waals surface area contributed by atoms with Gasteiger partial charge in [-0.3, -0.25) is 0 Å². The highest BCUT2D eigenvalue weighted by Crippen LogP contribution is 2.48. The Labute approximate surface area is 114 Å². The van der Waals surface area contributed by atoms with Gasteiger partial charge in [-0.1, -0.05) is 35.2 Å². The van der Waals surface area contributed by atoms with Crippen molar-refractivity contribution in [1.82, 2.24) is 4.90 Å². The lowest BCUT2D eigenvalue weighted by atomic mass is 9.69. The molecule has 17 heavy (non-hydrogen) atoms. The Hall–Kier alpha value is 0.440. The second-order valence-electron chi connectivity index (χ2n) is 6.97. The molecule has 0 unspecified atom stereocenters. The summed E-state index contributed by atoms with van der Waals surface area (Å²) in [6.07, 6.45) is 13.4. The molecule has 0 radical (unpaired) electrons. The monoisotopic (exact) mass is 299 g/mol. The van der Waals surface area contributed by atoms with Crippen LogP contribution in [0.2, 0.25) is 0 Å². The Morgan fingerprint density at radius 3 is 1.94 bits per heavy atom. The van der Waals surface area contributed by atoms with Crippen molar-refractivity contribution >= 4 is 15.9 Å². The van der Waals surface area contributed by atoms with Crippen molar-refractivity contribution in [2.75, 3.05) is 25.0 Å². The molecule has 3 aliphatic rings. The van der Waals surface area contributed by atoms with Crippen LogP contribution in [0.4, 0.5) is 0 Å². The Bertz CT molecular complexity index is 251. The molecule has 0 aromatic rings. The van der Waals surface area contributed by atoms with Crippen LogP contribution in [0.25, 0.3) is 0 Å². The number of nitrogens with zero attached hydrogens (tertiary/aromatic N) is 1. The summed E-state index contributed by atoms with van der Waals surface area (Å²) in [4.78, 5) is 2.77. The molecule has 0 N–H and O–H groups in total. The van der Waals surface area contributed by atoms with E-state index in [1.807, 2.05) is 0 Å². The molecule has 2 aliphatic carbocycles. The molecular weight excluding hydrogens is 274 g/mol. The topological polar surface area (TPSA) is 3.24 Å². The van der Waals surface area contributed by atoms with Gasteiger partial charge in [0.15, 0.2) is 0 Å². The van der Waals surface area contributed by atoms with Gasteiger partial charge in [-0.05, 0) is 62.4 Å². The molecule has 3 fully saturated rings. The van der Waals surface area contributed by atoms with Crippen LogP contribution in [0.1, 0.15) is 57.8 Å². The average Bonchev–Trinajstić information content (AvgIpc) is 2.75. The molecule has 0 atom stereocenters. The third-order valence-corrected chi connectivity index (χ3v) is 7.03. The number of rotatable bonds is 3. The van der Waals surface area contributed by atoms with E-state index in [1.165, 1.54) is 82.8 Å². The van der Waals surface area contributed by atoms with Crippen molar-refractivity contribution < 1.29 is 0 Å². The van der Waals surface area contributed by atoms with E-state index in [0.29, 0.717) is 5.41 Å². The highest BCUT2D eigenvalue weighted by Gasteiger charge is 2.41. The summed E-state index contributed by atoms with van der Waals surface area (Å²) in [7, 11) is 0. The number of hydrogen-bond acceptors (Lipinski definition) is 1. The smallest absolute Gasteiger partial charge is 0.0100 e. The van der Waals surface area contributed by atoms with E-state index in [-0.39, 0.29) is 0 Å². The molecule has 1 saturated heterocycles. The highest BCUT2D eigenvalue weighted by atomic mass is 79.9. The van der Waals surface area contributed by atoms with Crippen LogP contribution >= 0.6 is 15.9 Å². The van der Waals surface area contributed by atoms with Gasteiger partial charge in [-0.2, -0.15) is 0 Å². The Morgan fingerprint density at radius 2 is 1.47 bits per heavy atom. The van der Waals surface area contributed by atoms with Crippen molar-refractivity contribution in [3.8, 4) is 0 Å². The SMILES string of the molecule is BrCC1(CN2CCC3(CCCC3)CC2)CCC1. The summed E-state index contributed by atoms with van der Waals surface area (Å²) in [5, 5.41) is 1.22. The van der Waals surface area contributed by atoms with Gasteiger partial charge in [0.1, 0.15) is 0 Å². The first-order valence-electron chi connectivity index (χ1n) is 7.54. The predicted octanol–water partition coefficient (Wildman–Crippen LogP) is 4.21. The fourth-order valence-electron chi connectivity index (χ4n) is 4.30. The second-order valence-corrected chi connectivity index (χ2v) is 7.53. The van der Waals surface area contributed by atoms with E-state index >= 15 is 0 Å². The van der Waals surface area contributed by atoms with Crippen molar-refractivity contribution in [3.05, 3.63) is 0 Å². The molecule has 3 rings (SSSR count). The fourth-order valence-corrected chi connectivity index (χ4v) is 5.03. The van der Waals surface area contributed by atoms with Crippen LogP contribution in [0, 0.1) is 10.8 Å². The van der Waals surface area contributed by atoms with Gasteiger partial charge >= 0.3 is 0 Å². The summed E-state index contributed by atoms with van der Waals surface area (Å²) in [5.74, 6) is 0. The first-order valence-corrected chi connectivity index (χ1v) is 8.67. The van der Waals surface area contributed by atoms with Crippen LogP contribution in [-0.2, 0) is 0 Å². The molecule has 98 valence electrons. The molecule has 1 heterocycles. The normalized spacial score (nSPS) is 31.6. The summed E-state index contributed by atoms with van der Waals surface area (Å²) in [6, 6.07) is 0. The number of piperidine rings is 1. The van der Waals surface area contributed by atoms with Gasteiger partial charge in [0.2, 0.25) is 0 Å². The summed E-state index contributed by atoms with van der Waals surface area (Å²) in [5.41, 5.74) is 1.44. The van der Waals surface area contributed by atoms with E-state index < -0.39 is 0 Å². The zero-order valence-electron chi connectivity index (χ0n) is 11.0. The van der Waals surface area contributed by atoms with Gasteiger partial charge in [0.05, 0.1) is 0 Å². The molecule has 0 aromatic carbocycles. The van der Waals surface area contributed by atoms with E-state index in [9.17, 15) is 0 Å². The largest absolute Gasteiger partial charge is 0.303 e. The van der Waals surface area contributed by atoms with E-state index in [1.54, 1.807) is 0 Å². The lowest BCUT2D eigenvalue weighted by Gasteiger charge is -2.47. The minimum Gasteiger partial charge on any atom is -0.303 e. The molecule has 1 aliphatic heterocycles. The van der Waals surface area contributed by atoms with Crippen LogP contribution in [0.5, 0.6) is 0 Å².